The summed E-state index contributed by atoms with van der Waals surface area (Å²) in [5.74, 6) is 1.12. The molecule has 106 valence electrons. The Kier molecular flexibility index (Phi) is 4.90. The van der Waals surface area contributed by atoms with Gasteiger partial charge in [-0.05, 0) is 6.92 Å². The van der Waals surface area contributed by atoms with Crippen LogP contribution < -0.4 is 5.32 Å². The maximum atomic E-state index is 11.6. The standard InChI is InChI=1S/C15H18N2O3/c1-11(10-18)17-14(19)7-8-15-16-9-13(20-15)12-5-3-2-4-6-12/h2-6,9,11,18H,7-8,10H2,1H3,(H,17,19). The molecule has 20 heavy (non-hydrogen) atoms. The van der Waals surface area contributed by atoms with Gasteiger partial charge in [0.15, 0.2) is 11.7 Å². The van der Waals surface area contributed by atoms with Crippen molar-refractivity contribution in [3.8, 4) is 11.3 Å². The zero-order chi connectivity index (χ0) is 14.4. The average molecular weight is 274 g/mol. The minimum atomic E-state index is -0.230. The Balaban J connectivity index is 1.89. The lowest BCUT2D eigenvalue weighted by atomic mass is 10.2. The van der Waals surface area contributed by atoms with Crippen LogP contribution >= 0.6 is 0 Å². The van der Waals surface area contributed by atoms with E-state index in [0.29, 0.717) is 24.5 Å². The van der Waals surface area contributed by atoms with E-state index in [1.807, 2.05) is 30.3 Å². The number of rotatable bonds is 6. The van der Waals surface area contributed by atoms with Gasteiger partial charge in [-0.15, -0.1) is 0 Å². The maximum Gasteiger partial charge on any atom is 0.220 e. The zero-order valence-electron chi connectivity index (χ0n) is 11.4. The number of hydrogen-bond acceptors (Lipinski definition) is 4. The Labute approximate surface area is 117 Å². The van der Waals surface area contributed by atoms with Gasteiger partial charge in [-0.2, -0.15) is 0 Å². The van der Waals surface area contributed by atoms with E-state index in [1.54, 1.807) is 13.1 Å². The molecule has 1 atom stereocenters. The average Bonchev–Trinajstić information content (AvgIpc) is 2.95. The minimum Gasteiger partial charge on any atom is -0.441 e. The molecule has 0 bridgehead atoms. The SMILES string of the molecule is CC(CO)NC(=O)CCc1ncc(-c2ccccc2)o1. The Hall–Kier alpha value is -2.14. The highest BCUT2D eigenvalue weighted by Crippen LogP contribution is 2.20. The molecule has 0 radical (unpaired) electrons. The molecule has 2 N–H and O–H groups in total. The number of carbonyl (C=O) groups is 1. The third kappa shape index (κ3) is 3.93. The van der Waals surface area contributed by atoms with Gasteiger partial charge in [-0.1, -0.05) is 30.3 Å². The fraction of sp³-hybridized carbons (Fsp3) is 0.333. The van der Waals surface area contributed by atoms with Crippen LogP contribution in [-0.4, -0.2) is 28.6 Å². The lowest BCUT2D eigenvalue weighted by Gasteiger charge is -2.09. The summed E-state index contributed by atoms with van der Waals surface area (Å²) in [5.41, 5.74) is 0.963. The topological polar surface area (TPSA) is 75.4 Å². The van der Waals surface area contributed by atoms with Gasteiger partial charge in [0.2, 0.25) is 5.91 Å². The van der Waals surface area contributed by atoms with Crippen molar-refractivity contribution in [1.82, 2.24) is 10.3 Å². The molecule has 0 aliphatic carbocycles. The lowest BCUT2D eigenvalue weighted by Crippen LogP contribution is -2.35. The molecule has 5 heteroatoms. The van der Waals surface area contributed by atoms with Crippen molar-refractivity contribution in [2.24, 2.45) is 0 Å². The molecule has 2 rings (SSSR count). The van der Waals surface area contributed by atoms with Gasteiger partial charge in [-0.3, -0.25) is 4.79 Å². The monoisotopic (exact) mass is 274 g/mol. The summed E-state index contributed by atoms with van der Waals surface area (Å²) in [5, 5.41) is 11.5. The second-order valence-electron chi connectivity index (χ2n) is 4.64. The van der Waals surface area contributed by atoms with Crippen LogP contribution in [0.25, 0.3) is 11.3 Å². The van der Waals surface area contributed by atoms with Gasteiger partial charge in [0.25, 0.3) is 0 Å². The van der Waals surface area contributed by atoms with E-state index in [4.69, 9.17) is 9.52 Å². The van der Waals surface area contributed by atoms with Crippen molar-refractivity contribution in [2.75, 3.05) is 6.61 Å². The Bertz CT molecular complexity index is 551. The number of aryl methyl sites for hydroxylation is 1. The lowest BCUT2D eigenvalue weighted by molar-refractivity contribution is -0.122. The number of oxazole rings is 1. The van der Waals surface area contributed by atoms with E-state index in [1.165, 1.54) is 0 Å². The van der Waals surface area contributed by atoms with Crippen LogP contribution in [0.3, 0.4) is 0 Å². The minimum absolute atomic E-state index is 0.0666. The molecule has 0 aliphatic rings. The van der Waals surface area contributed by atoms with E-state index >= 15 is 0 Å². The molecule has 0 aliphatic heterocycles. The van der Waals surface area contributed by atoms with Crippen molar-refractivity contribution in [2.45, 2.75) is 25.8 Å². The first kappa shape index (κ1) is 14.3. The van der Waals surface area contributed by atoms with Crippen molar-refractivity contribution in [1.29, 1.82) is 0 Å². The van der Waals surface area contributed by atoms with Crippen LogP contribution in [0.1, 0.15) is 19.2 Å². The van der Waals surface area contributed by atoms with E-state index < -0.39 is 0 Å². The Morgan fingerprint density at radius 1 is 1.40 bits per heavy atom. The first-order valence-corrected chi connectivity index (χ1v) is 6.59. The summed E-state index contributed by atoms with van der Waals surface area (Å²) >= 11 is 0. The van der Waals surface area contributed by atoms with Crippen LogP contribution in [0.5, 0.6) is 0 Å². The van der Waals surface area contributed by atoms with Crippen molar-refractivity contribution >= 4 is 5.91 Å². The number of nitrogens with zero attached hydrogens (tertiary/aromatic N) is 1. The number of aromatic nitrogens is 1. The van der Waals surface area contributed by atoms with Crippen LogP contribution in [-0.2, 0) is 11.2 Å². The molecule has 0 fully saturated rings. The number of aliphatic hydroxyl groups excluding tert-OH is 1. The number of nitrogens with one attached hydrogen (secondary N) is 1. The molecule has 0 saturated carbocycles. The second kappa shape index (κ2) is 6.86. The quantitative estimate of drug-likeness (QED) is 0.841. The molecule has 2 aromatic rings. The van der Waals surface area contributed by atoms with Crippen molar-refractivity contribution in [3.63, 3.8) is 0 Å². The third-order valence-electron chi connectivity index (χ3n) is 2.86. The summed E-state index contributed by atoms with van der Waals surface area (Å²) in [7, 11) is 0. The van der Waals surface area contributed by atoms with Crippen LogP contribution in [0.15, 0.2) is 40.9 Å². The Morgan fingerprint density at radius 2 is 2.15 bits per heavy atom. The predicted molar refractivity (Wildman–Crippen MR) is 75.0 cm³/mol. The summed E-state index contributed by atoms with van der Waals surface area (Å²) < 4.78 is 5.61. The van der Waals surface area contributed by atoms with Crippen LogP contribution in [0, 0.1) is 0 Å². The molecule has 1 amide bonds. The molecule has 1 unspecified atom stereocenters. The molecule has 0 saturated heterocycles. The molecule has 0 spiro atoms. The highest BCUT2D eigenvalue weighted by atomic mass is 16.4. The largest absolute Gasteiger partial charge is 0.441 e. The van der Waals surface area contributed by atoms with Crippen LogP contribution in [0.4, 0.5) is 0 Å². The van der Waals surface area contributed by atoms with Gasteiger partial charge in [0, 0.05) is 24.4 Å². The zero-order valence-corrected chi connectivity index (χ0v) is 11.4. The second-order valence-corrected chi connectivity index (χ2v) is 4.64. The first-order valence-electron chi connectivity index (χ1n) is 6.59. The van der Waals surface area contributed by atoms with Gasteiger partial charge in [0.1, 0.15) is 0 Å². The fourth-order valence-electron chi connectivity index (χ4n) is 1.77. The van der Waals surface area contributed by atoms with E-state index in [2.05, 4.69) is 10.3 Å². The molecule has 1 heterocycles. The predicted octanol–water partition coefficient (Wildman–Crippen LogP) is 1.77. The van der Waals surface area contributed by atoms with Gasteiger partial charge < -0.3 is 14.8 Å². The summed E-state index contributed by atoms with van der Waals surface area (Å²) in [6.45, 7) is 1.68. The summed E-state index contributed by atoms with van der Waals surface area (Å²) in [6.07, 6.45) is 2.40. The van der Waals surface area contributed by atoms with E-state index in [0.717, 1.165) is 5.56 Å². The first-order chi connectivity index (χ1) is 9.69. The molecule has 5 nitrogen and oxygen atoms in total. The summed E-state index contributed by atoms with van der Waals surface area (Å²) in [6, 6.07) is 9.46. The van der Waals surface area contributed by atoms with Gasteiger partial charge in [0.05, 0.1) is 12.8 Å². The van der Waals surface area contributed by atoms with E-state index in [-0.39, 0.29) is 18.6 Å². The normalized spacial score (nSPS) is 12.1. The third-order valence-corrected chi connectivity index (χ3v) is 2.86. The number of aliphatic hydroxyl groups is 1. The number of hydrogen-bond donors (Lipinski definition) is 2. The Morgan fingerprint density at radius 3 is 2.85 bits per heavy atom. The number of amides is 1. The van der Waals surface area contributed by atoms with Crippen molar-refractivity contribution in [3.05, 3.63) is 42.4 Å². The maximum absolute atomic E-state index is 11.6. The molecular weight excluding hydrogens is 256 g/mol. The molecule has 1 aromatic heterocycles. The smallest absolute Gasteiger partial charge is 0.220 e. The molecular formula is C15H18N2O3. The highest BCUT2D eigenvalue weighted by Gasteiger charge is 2.10. The van der Waals surface area contributed by atoms with Crippen LogP contribution in [0.2, 0.25) is 0 Å². The van der Waals surface area contributed by atoms with Gasteiger partial charge in [-0.25, -0.2) is 4.98 Å². The molecule has 1 aromatic carbocycles. The van der Waals surface area contributed by atoms with Crippen molar-refractivity contribution < 1.29 is 14.3 Å². The number of benzene rings is 1. The number of carbonyl (C=O) groups excluding carboxylic acids is 1. The highest BCUT2D eigenvalue weighted by molar-refractivity contribution is 5.76. The van der Waals surface area contributed by atoms with E-state index in [9.17, 15) is 4.79 Å². The van der Waals surface area contributed by atoms with Gasteiger partial charge >= 0.3 is 0 Å². The fourth-order valence-corrected chi connectivity index (χ4v) is 1.77. The summed E-state index contributed by atoms with van der Waals surface area (Å²) in [4.78, 5) is 15.7.